The summed E-state index contributed by atoms with van der Waals surface area (Å²) in [6.07, 6.45) is 11.8. The molecule has 178 valence electrons. The molecule has 1 aromatic heterocycles. The van der Waals surface area contributed by atoms with Crippen LogP contribution in [0.5, 0.6) is 17.2 Å². The van der Waals surface area contributed by atoms with Crippen molar-refractivity contribution in [2.75, 3.05) is 13.2 Å². The van der Waals surface area contributed by atoms with Crippen LogP contribution in [0.15, 0.2) is 62.9 Å². The zero-order chi connectivity index (χ0) is 24.2. The van der Waals surface area contributed by atoms with Gasteiger partial charge in [-0.05, 0) is 64.7 Å². The van der Waals surface area contributed by atoms with Crippen molar-refractivity contribution in [3.05, 3.63) is 64.1 Å². The van der Waals surface area contributed by atoms with Crippen molar-refractivity contribution in [1.82, 2.24) is 0 Å². The zero-order valence-electron chi connectivity index (χ0n) is 20.2. The lowest BCUT2D eigenvalue weighted by Gasteiger charge is -2.14. The van der Waals surface area contributed by atoms with Crippen LogP contribution in [-0.2, 0) is 4.79 Å². The summed E-state index contributed by atoms with van der Waals surface area (Å²) in [6.45, 7) is 10.1. The molecule has 0 bridgehead atoms. The van der Waals surface area contributed by atoms with Gasteiger partial charge in [0.05, 0.1) is 6.61 Å². The van der Waals surface area contributed by atoms with Crippen LogP contribution in [0.25, 0.3) is 11.0 Å². The van der Waals surface area contributed by atoms with Crippen LogP contribution in [-0.4, -0.2) is 19.2 Å². The van der Waals surface area contributed by atoms with Crippen molar-refractivity contribution in [3.63, 3.8) is 0 Å². The molecule has 0 aliphatic rings. The van der Waals surface area contributed by atoms with Gasteiger partial charge >= 0.3 is 11.6 Å². The second-order valence-electron chi connectivity index (χ2n) is 7.97. The second kappa shape index (κ2) is 13.3. The first-order valence-electron chi connectivity index (χ1n) is 11.3. The largest absolute Gasteiger partial charge is 0.492 e. The van der Waals surface area contributed by atoms with Gasteiger partial charge in [-0.1, -0.05) is 42.4 Å². The predicted molar refractivity (Wildman–Crippen MR) is 131 cm³/mol. The van der Waals surface area contributed by atoms with E-state index in [-0.39, 0.29) is 18.1 Å². The molecule has 2 aromatic rings. The number of hydrogen-bond donors (Lipinski definition) is 0. The van der Waals surface area contributed by atoms with Gasteiger partial charge in [0, 0.05) is 6.92 Å². The maximum absolute atomic E-state index is 12.5. The van der Waals surface area contributed by atoms with Crippen molar-refractivity contribution in [3.8, 4) is 17.2 Å². The highest BCUT2D eigenvalue weighted by molar-refractivity contribution is 5.92. The molecule has 0 radical (unpaired) electrons. The molecule has 33 heavy (non-hydrogen) atoms. The number of carbonyl (C=O) groups excluding carboxylic acids is 1. The van der Waals surface area contributed by atoms with Gasteiger partial charge in [0.15, 0.2) is 5.75 Å². The number of fused-ring (bicyclic) bond motifs is 1. The molecule has 0 N–H and O–H groups in total. The number of rotatable bonds is 12. The monoisotopic (exact) mass is 454 g/mol. The Morgan fingerprint density at radius 1 is 1.00 bits per heavy atom. The predicted octanol–water partition coefficient (Wildman–Crippen LogP) is 6.52. The Labute approximate surface area is 195 Å². The third kappa shape index (κ3) is 8.29. The molecule has 0 saturated heterocycles. The molecule has 0 atom stereocenters. The standard InChI is InChI=1S/C27H34O6/c1-6-7-8-9-17-30-22-14-11-15-23-24(22)25(26(27(29)33-23)32-21(5)28)31-18-16-20(4)13-10-12-19(2)3/h7-8,11-12,14-16H,6,9-10,13,17-18H2,1-5H3/b8-7?,20-16+. The Balaban J connectivity index is 2.38. The maximum atomic E-state index is 12.5. The molecule has 0 spiro atoms. The van der Waals surface area contributed by atoms with Gasteiger partial charge in [-0.3, -0.25) is 4.79 Å². The SMILES string of the molecule is CCC=CCCOc1cccc2oc(=O)c(OC(C)=O)c(OC/C=C(\C)CCC=C(C)C)c12. The Bertz CT molecular complexity index is 1080. The third-order valence-corrected chi connectivity index (χ3v) is 4.75. The van der Waals surface area contributed by atoms with Gasteiger partial charge in [0.25, 0.3) is 5.75 Å². The first-order chi connectivity index (χ1) is 15.8. The number of esters is 1. The Hall–Kier alpha value is -3.28. The number of carbonyl (C=O) groups is 1. The molecule has 0 fully saturated rings. The summed E-state index contributed by atoms with van der Waals surface area (Å²) in [5, 5.41) is 0.461. The van der Waals surface area contributed by atoms with Crippen LogP contribution in [0, 0.1) is 0 Å². The minimum Gasteiger partial charge on any atom is -0.492 e. The van der Waals surface area contributed by atoms with E-state index in [0.29, 0.717) is 23.3 Å². The minimum absolute atomic E-state index is 0.143. The second-order valence-corrected chi connectivity index (χ2v) is 7.97. The Kier molecular flexibility index (Phi) is 10.5. The number of allylic oxidation sites excluding steroid dienone is 4. The van der Waals surface area contributed by atoms with Gasteiger partial charge in [0.2, 0.25) is 0 Å². The van der Waals surface area contributed by atoms with E-state index in [2.05, 4.69) is 39.0 Å². The van der Waals surface area contributed by atoms with Crippen molar-refractivity contribution in [2.45, 2.75) is 60.3 Å². The highest BCUT2D eigenvalue weighted by Gasteiger charge is 2.22. The fraction of sp³-hybridized carbons (Fsp3) is 0.407. The van der Waals surface area contributed by atoms with Crippen LogP contribution < -0.4 is 19.8 Å². The lowest BCUT2D eigenvalue weighted by atomic mass is 10.1. The molecule has 0 saturated carbocycles. The molecule has 0 aliphatic heterocycles. The molecular formula is C27H34O6. The van der Waals surface area contributed by atoms with Gasteiger partial charge in [-0.15, -0.1) is 0 Å². The summed E-state index contributed by atoms with van der Waals surface area (Å²) in [7, 11) is 0. The van der Waals surface area contributed by atoms with Crippen molar-refractivity contribution in [1.29, 1.82) is 0 Å². The lowest BCUT2D eigenvalue weighted by Crippen LogP contribution is -2.14. The van der Waals surface area contributed by atoms with E-state index in [1.54, 1.807) is 18.2 Å². The fourth-order valence-electron chi connectivity index (χ4n) is 3.14. The maximum Gasteiger partial charge on any atom is 0.383 e. The van der Waals surface area contributed by atoms with E-state index in [4.69, 9.17) is 18.6 Å². The molecule has 1 heterocycles. The first kappa shape index (κ1) is 26.0. The van der Waals surface area contributed by atoms with E-state index in [1.165, 1.54) is 12.5 Å². The van der Waals surface area contributed by atoms with E-state index < -0.39 is 11.6 Å². The Morgan fingerprint density at radius 3 is 2.48 bits per heavy atom. The summed E-state index contributed by atoms with van der Waals surface area (Å²) in [5.41, 5.74) is 1.97. The van der Waals surface area contributed by atoms with E-state index in [1.807, 2.05) is 13.0 Å². The summed E-state index contributed by atoms with van der Waals surface area (Å²) >= 11 is 0. The third-order valence-electron chi connectivity index (χ3n) is 4.75. The average molecular weight is 455 g/mol. The molecule has 0 unspecified atom stereocenters. The number of hydrogen-bond acceptors (Lipinski definition) is 6. The lowest BCUT2D eigenvalue weighted by molar-refractivity contribution is -0.132. The van der Waals surface area contributed by atoms with Crippen LogP contribution in [0.1, 0.15) is 60.3 Å². The fourth-order valence-corrected chi connectivity index (χ4v) is 3.14. The quantitative estimate of drug-likeness (QED) is 0.157. The molecular weight excluding hydrogens is 420 g/mol. The van der Waals surface area contributed by atoms with Crippen LogP contribution in [0.2, 0.25) is 0 Å². The number of benzene rings is 1. The van der Waals surface area contributed by atoms with Crippen LogP contribution in [0.4, 0.5) is 0 Å². The van der Waals surface area contributed by atoms with Crippen LogP contribution in [0.3, 0.4) is 0 Å². The van der Waals surface area contributed by atoms with Gasteiger partial charge in [-0.25, -0.2) is 4.79 Å². The van der Waals surface area contributed by atoms with Gasteiger partial charge < -0.3 is 18.6 Å². The summed E-state index contributed by atoms with van der Waals surface area (Å²) in [4.78, 5) is 24.2. The summed E-state index contributed by atoms with van der Waals surface area (Å²) in [5.74, 6) is -0.270. The van der Waals surface area contributed by atoms with E-state index in [9.17, 15) is 9.59 Å². The molecule has 6 nitrogen and oxygen atoms in total. The minimum atomic E-state index is -0.778. The smallest absolute Gasteiger partial charge is 0.383 e. The van der Waals surface area contributed by atoms with Gasteiger partial charge in [0.1, 0.15) is 23.3 Å². The van der Waals surface area contributed by atoms with Crippen LogP contribution >= 0.6 is 0 Å². The molecule has 2 rings (SSSR count). The van der Waals surface area contributed by atoms with Crippen molar-refractivity contribution >= 4 is 16.9 Å². The summed E-state index contributed by atoms with van der Waals surface area (Å²) in [6, 6.07) is 5.17. The normalized spacial score (nSPS) is 11.6. The average Bonchev–Trinajstić information content (AvgIpc) is 2.75. The summed E-state index contributed by atoms with van der Waals surface area (Å²) < 4.78 is 22.5. The van der Waals surface area contributed by atoms with Crippen molar-refractivity contribution in [2.24, 2.45) is 0 Å². The molecule has 1 aromatic carbocycles. The highest BCUT2D eigenvalue weighted by atomic mass is 16.6. The zero-order valence-corrected chi connectivity index (χ0v) is 20.2. The number of ether oxygens (including phenoxy) is 3. The van der Waals surface area contributed by atoms with E-state index >= 15 is 0 Å². The highest BCUT2D eigenvalue weighted by Crippen LogP contribution is 2.39. The molecule has 0 amide bonds. The Morgan fingerprint density at radius 2 is 1.79 bits per heavy atom. The molecule has 0 aliphatic carbocycles. The van der Waals surface area contributed by atoms with Crippen molar-refractivity contribution < 1.29 is 23.4 Å². The topological polar surface area (TPSA) is 75.0 Å². The van der Waals surface area contributed by atoms with Gasteiger partial charge in [-0.2, -0.15) is 0 Å². The first-order valence-corrected chi connectivity index (χ1v) is 11.3. The molecule has 6 heteroatoms. The van der Waals surface area contributed by atoms with E-state index in [0.717, 1.165) is 31.3 Å².